The molecular weight excluding hydrogens is 261 g/mol. The number of rotatable bonds is 1. The first-order valence-electron chi connectivity index (χ1n) is 6.47. The summed E-state index contributed by atoms with van der Waals surface area (Å²) in [5.41, 5.74) is -0.0349. The van der Waals surface area contributed by atoms with Crippen molar-refractivity contribution in [2.24, 2.45) is 0 Å². The fourth-order valence-electron chi connectivity index (χ4n) is 2.62. The molecule has 6 heteroatoms. The number of halogens is 1. The summed E-state index contributed by atoms with van der Waals surface area (Å²) in [6.45, 7) is 0.445. The average molecular weight is 275 g/mol. The summed E-state index contributed by atoms with van der Waals surface area (Å²) in [4.78, 5) is 29.6. The number of piperidine rings is 1. The van der Waals surface area contributed by atoms with Gasteiger partial charge in [0.15, 0.2) is 0 Å². The minimum atomic E-state index is -0.561. The number of hydrogen-bond donors (Lipinski definition) is 0. The van der Waals surface area contributed by atoms with Crippen LogP contribution in [0.5, 0.6) is 0 Å². The molecule has 5 nitrogen and oxygen atoms in total. The first kappa shape index (κ1) is 12.8. The van der Waals surface area contributed by atoms with Crippen LogP contribution < -0.4 is 5.56 Å². The third kappa shape index (κ3) is 1.97. The molecule has 1 aromatic carbocycles. The van der Waals surface area contributed by atoms with Crippen LogP contribution in [0.4, 0.5) is 4.39 Å². The Balaban J connectivity index is 2.09. The summed E-state index contributed by atoms with van der Waals surface area (Å²) in [6.07, 6.45) is 2.41. The van der Waals surface area contributed by atoms with Crippen LogP contribution in [0.25, 0.3) is 10.9 Å². The summed E-state index contributed by atoms with van der Waals surface area (Å²) in [5.74, 6) is -0.496. The van der Waals surface area contributed by atoms with Gasteiger partial charge in [-0.25, -0.2) is 9.37 Å². The van der Waals surface area contributed by atoms with Crippen molar-refractivity contribution in [2.45, 2.75) is 18.9 Å². The predicted octanol–water partition coefficient (Wildman–Crippen LogP) is 1.33. The number of carbonyl (C=O) groups is 1. The van der Waals surface area contributed by atoms with E-state index in [1.807, 2.05) is 0 Å². The normalized spacial score (nSPS) is 19.6. The first-order valence-corrected chi connectivity index (χ1v) is 6.47. The van der Waals surface area contributed by atoms with Crippen LogP contribution in [0.1, 0.15) is 18.9 Å². The number of likely N-dealkylation sites (tertiary alicyclic amines) is 1. The van der Waals surface area contributed by atoms with Crippen molar-refractivity contribution in [2.75, 3.05) is 13.6 Å². The summed E-state index contributed by atoms with van der Waals surface area (Å²) < 4.78 is 15.3. The van der Waals surface area contributed by atoms with Crippen molar-refractivity contribution < 1.29 is 9.18 Å². The molecule has 1 aliphatic rings. The molecule has 1 aromatic heterocycles. The molecule has 0 bridgehead atoms. The minimum absolute atomic E-state index is 0.00885. The van der Waals surface area contributed by atoms with Gasteiger partial charge >= 0.3 is 0 Å². The van der Waals surface area contributed by atoms with E-state index in [2.05, 4.69) is 4.98 Å². The van der Waals surface area contributed by atoms with Crippen LogP contribution in [0.2, 0.25) is 0 Å². The van der Waals surface area contributed by atoms with E-state index in [0.29, 0.717) is 24.9 Å². The van der Waals surface area contributed by atoms with E-state index in [4.69, 9.17) is 0 Å². The van der Waals surface area contributed by atoms with E-state index in [-0.39, 0.29) is 22.9 Å². The zero-order valence-corrected chi connectivity index (χ0v) is 11.0. The fraction of sp³-hybridized carbons (Fsp3) is 0.357. The topological polar surface area (TPSA) is 55.2 Å². The number of benzene rings is 1. The van der Waals surface area contributed by atoms with Crippen LogP contribution in [-0.2, 0) is 4.79 Å². The molecule has 1 amide bonds. The molecule has 3 rings (SSSR count). The lowest BCUT2D eigenvalue weighted by Crippen LogP contribution is -2.41. The highest BCUT2D eigenvalue weighted by Crippen LogP contribution is 2.20. The number of amides is 1. The molecule has 2 aromatic rings. The Bertz CT molecular complexity index is 741. The molecule has 1 atom stereocenters. The number of carbonyl (C=O) groups excluding carboxylic acids is 1. The van der Waals surface area contributed by atoms with Gasteiger partial charge in [-0.15, -0.1) is 0 Å². The maximum absolute atomic E-state index is 13.8. The van der Waals surface area contributed by atoms with Gasteiger partial charge in [0.05, 0.1) is 17.9 Å². The zero-order valence-electron chi connectivity index (χ0n) is 11.0. The quantitative estimate of drug-likeness (QED) is 0.789. The highest BCUT2D eigenvalue weighted by molar-refractivity contribution is 5.78. The Labute approximate surface area is 114 Å². The van der Waals surface area contributed by atoms with Crippen molar-refractivity contribution in [3.63, 3.8) is 0 Å². The van der Waals surface area contributed by atoms with Gasteiger partial charge in [0.25, 0.3) is 5.56 Å². The minimum Gasteiger partial charge on any atom is -0.344 e. The van der Waals surface area contributed by atoms with E-state index < -0.39 is 5.82 Å². The molecule has 20 heavy (non-hydrogen) atoms. The summed E-state index contributed by atoms with van der Waals surface area (Å²) in [6, 6.07) is 4.25. The van der Waals surface area contributed by atoms with Gasteiger partial charge in [0.2, 0.25) is 5.91 Å². The predicted molar refractivity (Wildman–Crippen MR) is 71.9 cm³/mol. The molecule has 0 aliphatic carbocycles. The molecule has 1 unspecified atom stereocenters. The second kappa shape index (κ2) is 4.70. The van der Waals surface area contributed by atoms with Crippen molar-refractivity contribution in [3.8, 4) is 0 Å². The van der Waals surface area contributed by atoms with Crippen LogP contribution in [0, 0.1) is 5.82 Å². The maximum Gasteiger partial charge on any atom is 0.264 e. The molecule has 1 fully saturated rings. The van der Waals surface area contributed by atoms with Crippen LogP contribution in [-0.4, -0.2) is 34.0 Å². The van der Waals surface area contributed by atoms with Gasteiger partial charge < -0.3 is 4.90 Å². The Morgan fingerprint density at radius 1 is 1.35 bits per heavy atom. The van der Waals surface area contributed by atoms with Gasteiger partial charge in [0, 0.05) is 20.0 Å². The molecule has 104 valence electrons. The lowest BCUT2D eigenvalue weighted by atomic mass is 10.1. The Kier molecular flexibility index (Phi) is 3.00. The zero-order chi connectivity index (χ0) is 14.3. The maximum atomic E-state index is 13.8. The number of hydrogen-bond acceptors (Lipinski definition) is 3. The Morgan fingerprint density at radius 3 is 2.90 bits per heavy atom. The number of likely N-dealkylation sites (N-methyl/N-ethyl adjacent to an activating group) is 1. The van der Waals surface area contributed by atoms with Crippen LogP contribution in [0.15, 0.2) is 29.3 Å². The van der Waals surface area contributed by atoms with Crippen LogP contribution >= 0.6 is 0 Å². The summed E-state index contributed by atoms with van der Waals surface area (Å²) in [5, 5.41) is 0.00885. The van der Waals surface area contributed by atoms with Gasteiger partial charge in [-0.3, -0.25) is 14.2 Å². The van der Waals surface area contributed by atoms with Crippen molar-refractivity contribution in [1.82, 2.24) is 14.5 Å². The first-order chi connectivity index (χ1) is 9.58. The molecular formula is C14H14FN3O2. The van der Waals surface area contributed by atoms with Crippen molar-refractivity contribution in [1.29, 1.82) is 0 Å². The van der Waals surface area contributed by atoms with E-state index in [0.717, 1.165) is 0 Å². The molecule has 0 radical (unpaired) electrons. The number of aromatic nitrogens is 2. The molecule has 1 aliphatic heterocycles. The van der Waals surface area contributed by atoms with E-state index in [1.165, 1.54) is 23.0 Å². The monoisotopic (exact) mass is 275 g/mol. The summed E-state index contributed by atoms with van der Waals surface area (Å²) >= 11 is 0. The van der Waals surface area contributed by atoms with Crippen LogP contribution in [0.3, 0.4) is 0 Å². The SMILES string of the molecule is CN1CC(n2cnc3cccc(F)c3c2=O)CCC1=O. The number of nitrogens with zero attached hydrogens (tertiary/aromatic N) is 3. The standard InChI is InChI=1S/C14H14FN3O2/c1-17-7-9(5-6-12(17)19)18-8-16-11-4-2-3-10(15)13(11)14(18)20/h2-4,8-9H,5-7H2,1H3. The van der Waals surface area contributed by atoms with E-state index in [1.54, 1.807) is 18.0 Å². The smallest absolute Gasteiger partial charge is 0.264 e. The Morgan fingerprint density at radius 2 is 2.15 bits per heavy atom. The van der Waals surface area contributed by atoms with Gasteiger partial charge in [0.1, 0.15) is 11.2 Å². The molecule has 0 spiro atoms. The van der Waals surface area contributed by atoms with Gasteiger partial charge in [-0.1, -0.05) is 6.07 Å². The highest BCUT2D eigenvalue weighted by atomic mass is 19.1. The van der Waals surface area contributed by atoms with Crippen molar-refractivity contribution >= 4 is 16.8 Å². The lowest BCUT2D eigenvalue weighted by Gasteiger charge is -2.30. The molecule has 0 N–H and O–H groups in total. The Hall–Kier alpha value is -2.24. The highest BCUT2D eigenvalue weighted by Gasteiger charge is 2.25. The second-order valence-corrected chi connectivity index (χ2v) is 5.06. The lowest BCUT2D eigenvalue weighted by molar-refractivity contribution is -0.132. The number of fused-ring (bicyclic) bond motifs is 1. The van der Waals surface area contributed by atoms with E-state index >= 15 is 0 Å². The molecule has 1 saturated heterocycles. The fourth-order valence-corrected chi connectivity index (χ4v) is 2.62. The second-order valence-electron chi connectivity index (χ2n) is 5.06. The third-order valence-electron chi connectivity index (χ3n) is 3.76. The van der Waals surface area contributed by atoms with Gasteiger partial charge in [-0.05, 0) is 18.6 Å². The summed E-state index contributed by atoms with van der Waals surface area (Å²) in [7, 11) is 1.70. The van der Waals surface area contributed by atoms with E-state index in [9.17, 15) is 14.0 Å². The molecule has 0 saturated carbocycles. The van der Waals surface area contributed by atoms with Gasteiger partial charge in [-0.2, -0.15) is 0 Å². The molecule has 2 heterocycles. The average Bonchev–Trinajstić information content (AvgIpc) is 2.42. The largest absolute Gasteiger partial charge is 0.344 e. The van der Waals surface area contributed by atoms with Crippen molar-refractivity contribution in [3.05, 3.63) is 40.7 Å². The third-order valence-corrected chi connectivity index (χ3v) is 3.76.